The molecule has 0 amide bonds. The van der Waals surface area contributed by atoms with Crippen molar-refractivity contribution in [3.8, 4) is 6.07 Å². The van der Waals surface area contributed by atoms with Crippen molar-refractivity contribution >= 4 is 34.3 Å². The molecule has 0 spiro atoms. The van der Waals surface area contributed by atoms with E-state index in [1.165, 1.54) is 11.3 Å². The summed E-state index contributed by atoms with van der Waals surface area (Å²) in [5, 5.41) is 11.3. The van der Waals surface area contributed by atoms with Crippen LogP contribution in [-0.2, 0) is 0 Å². The minimum Gasteiger partial charge on any atom is -0.288 e. The first-order chi connectivity index (χ1) is 7.99. The van der Waals surface area contributed by atoms with Crippen LogP contribution in [0.25, 0.3) is 5.57 Å². The van der Waals surface area contributed by atoms with Crippen LogP contribution in [0, 0.1) is 11.3 Å². The van der Waals surface area contributed by atoms with Crippen molar-refractivity contribution in [2.45, 2.75) is 20.8 Å². The maximum atomic E-state index is 12.3. The molecule has 0 bridgehead atoms. The zero-order valence-electron chi connectivity index (χ0n) is 9.72. The molecule has 0 N–H and O–H groups in total. The highest BCUT2D eigenvalue weighted by atomic mass is 35.5. The van der Waals surface area contributed by atoms with Crippen molar-refractivity contribution < 1.29 is 4.79 Å². The van der Waals surface area contributed by atoms with Gasteiger partial charge in [0, 0.05) is 27.0 Å². The second-order valence-electron chi connectivity index (χ2n) is 4.10. The molecule has 0 aromatic carbocycles. The number of thiophene rings is 1. The number of halogens is 1. The van der Waals surface area contributed by atoms with Gasteiger partial charge in [0.05, 0.1) is 16.7 Å². The van der Waals surface area contributed by atoms with Crippen molar-refractivity contribution in [1.82, 2.24) is 0 Å². The Balaban J connectivity index is 2.87. The smallest absolute Gasteiger partial charge is 0.196 e. The van der Waals surface area contributed by atoms with Crippen LogP contribution >= 0.6 is 22.9 Å². The van der Waals surface area contributed by atoms with Gasteiger partial charge in [-0.3, -0.25) is 4.79 Å². The summed E-state index contributed by atoms with van der Waals surface area (Å²) in [5.41, 5.74) is 3.42. The van der Waals surface area contributed by atoms with E-state index in [0.29, 0.717) is 21.7 Å². The normalized spacial score (nSPS) is 16.9. The second-order valence-corrected chi connectivity index (χ2v) is 5.39. The summed E-state index contributed by atoms with van der Waals surface area (Å²) in [4.78, 5) is 13.1. The molecule has 1 heterocycles. The number of Topliss-reactive ketones (excluding diaryl/α,β-unsaturated/α-hetero) is 1. The number of hydrogen-bond acceptors (Lipinski definition) is 3. The van der Waals surface area contributed by atoms with Crippen molar-refractivity contribution in [3.05, 3.63) is 37.6 Å². The second kappa shape index (κ2) is 4.14. The summed E-state index contributed by atoms with van der Waals surface area (Å²) in [6, 6.07) is 2.12. The summed E-state index contributed by atoms with van der Waals surface area (Å²) < 4.78 is 0. The summed E-state index contributed by atoms with van der Waals surface area (Å²) in [6.45, 7) is 5.49. The minimum atomic E-state index is -0.0594. The summed E-state index contributed by atoms with van der Waals surface area (Å²) >= 11 is 7.44. The third-order valence-electron chi connectivity index (χ3n) is 2.72. The standard InChI is InChI=1S/C13H10ClNOS/c1-6(2)9-10(7(3)4-15)13-11(12(9)16)8(14)5-17-13/h5H,1-3H3/b10-7-. The lowest BCUT2D eigenvalue weighted by Gasteiger charge is -2.04. The predicted molar refractivity (Wildman–Crippen MR) is 70.2 cm³/mol. The molecule has 1 aliphatic rings. The van der Waals surface area contributed by atoms with Crippen LogP contribution in [-0.4, -0.2) is 5.78 Å². The minimum absolute atomic E-state index is 0.0594. The number of nitrogens with zero attached hydrogens (tertiary/aromatic N) is 1. The molecule has 2 rings (SSSR count). The molecule has 0 atom stereocenters. The number of hydrogen-bond donors (Lipinski definition) is 0. The lowest BCUT2D eigenvalue weighted by molar-refractivity contribution is 0.104. The molecule has 0 saturated carbocycles. The van der Waals surface area contributed by atoms with Crippen LogP contribution in [0.3, 0.4) is 0 Å². The lowest BCUT2D eigenvalue weighted by Crippen LogP contribution is -1.98. The van der Waals surface area contributed by atoms with Crippen LogP contribution in [0.4, 0.5) is 0 Å². The fourth-order valence-electron chi connectivity index (χ4n) is 1.98. The zero-order chi connectivity index (χ0) is 12.7. The van der Waals surface area contributed by atoms with Gasteiger partial charge in [-0.1, -0.05) is 17.2 Å². The van der Waals surface area contributed by atoms with E-state index in [1.807, 2.05) is 13.8 Å². The molecule has 0 fully saturated rings. The van der Waals surface area contributed by atoms with E-state index in [4.69, 9.17) is 16.9 Å². The van der Waals surface area contributed by atoms with E-state index in [-0.39, 0.29) is 5.78 Å². The highest BCUT2D eigenvalue weighted by Gasteiger charge is 2.35. The SMILES string of the molecule is CC(C)=C1C(=O)c2c(Cl)csc2/C1=C(/C)C#N. The third-order valence-corrected chi connectivity index (χ3v) is 4.15. The van der Waals surface area contributed by atoms with E-state index in [9.17, 15) is 4.79 Å². The highest BCUT2D eigenvalue weighted by Crippen LogP contribution is 2.46. The molecule has 1 aromatic rings. The van der Waals surface area contributed by atoms with Gasteiger partial charge in [0.2, 0.25) is 0 Å². The van der Waals surface area contributed by atoms with Crippen molar-refractivity contribution in [1.29, 1.82) is 5.26 Å². The first-order valence-corrected chi connectivity index (χ1v) is 6.35. The Kier molecular flexibility index (Phi) is 2.94. The molecule has 17 heavy (non-hydrogen) atoms. The number of rotatable bonds is 0. The molecule has 0 aliphatic heterocycles. The van der Waals surface area contributed by atoms with E-state index in [2.05, 4.69) is 6.07 Å². The molecular formula is C13H10ClNOS. The molecule has 86 valence electrons. The quantitative estimate of drug-likeness (QED) is 0.519. The average molecular weight is 264 g/mol. The average Bonchev–Trinajstić information content (AvgIpc) is 2.78. The van der Waals surface area contributed by atoms with E-state index in [0.717, 1.165) is 16.0 Å². The van der Waals surface area contributed by atoms with Crippen LogP contribution < -0.4 is 0 Å². The van der Waals surface area contributed by atoms with Crippen molar-refractivity contribution in [2.24, 2.45) is 0 Å². The molecule has 0 saturated heterocycles. The zero-order valence-corrected chi connectivity index (χ0v) is 11.3. The molecule has 0 radical (unpaired) electrons. The number of carbonyl (C=O) groups excluding carboxylic acids is 1. The van der Waals surface area contributed by atoms with Crippen molar-refractivity contribution in [2.75, 3.05) is 0 Å². The fourth-order valence-corrected chi connectivity index (χ4v) is 3.38. The largest absolute Gasteiger partial charge is 0.288 e. The number of fused-ring (bicyclic) bond motifs is 1. The summed E-state index contributed by atoms with van der Waals surface area (Å²) in [7, 11) is 0. The van der Waals surface area contributed by atoms with Crippen molar-refractivity contribution in [3.63, 3.8) is 0 Å². The Morgan fingerprint density at radius 2 is 2.00 bits per heavy atom. The predicted octanol–water partition coefficient (Wildman–Crippen LogP) is 4.23. The van der Waals surface area contributed by atoms with Gasteiger partial charge in [-0.2, -0.15) is 5.26 Å². The van der Waals surface area contributed by atoms with Gasteiger partial charge >= 0.3 is 0 Å². The maximum Gasteiger partial charge on any atom is 0.196 e. The van der Waals surface area contributed by atoms with E-state index in [1.54, 1.807) is 12.3 Å². The Labute approximate surface area is 109 Å². The third kappa shape index (κ3) is 1.65. The Hall–Kier alpha value is -1.37. The Morgan fingerprint density at radius 1 is 1.35 bits per heavy atom. The first-order valence-electron chi connectivity index (χ1n) is 5.10. The summed E-state index contributed by atoms with van der Waals surface area (Å²) in [5.74, 6) is -0.0594. The molecular weight excluding hydrogens is 254 g/mol. The van der Waals surface area contributed by atoms with Gasteiger partial charge in [0.25, 0.3) is 0 Å². The number of ketones is 1. The highest BCUT2D eigenvalue weighted by molar-refractivity contribution is 7.12. The van der Waals surface area contributed by atoms with Gasteiger partial charge in [-0.15, -0.1) is 11.3 Å². The topological polar surface area (TPSA) is 40.9 Å². The lowest BCUT2D eigenvalue weighted by atomic mass is 10.00. The van der Waals surface area contributed by atoms with Crippen LogP contribution in [0.15, 0.2) is 22.1 Å². The van der Waals surface area contributed by atoms with E-state index >= 15 is 0 Å². The molecule has 1 aliphatic carbocycles. The van der Waals surface area contributed by atoms with Gasteiger partial charge < -0.3 is 0 Å². The van der Waals surface area contributed by atoms with Gasteiger partial charge in [0.1, 0.15) is 0 Å². The van der Waals surface area contributed by atoms with Gasteiger partial charge in [-0.25, -0.2) is 0 Å². The Morgan fingerprint density at radius 3 is 2.53 bits per heavy atom. The van der Waals surface area contributed by atoms with Crippen LogP contribution in [0.1, 0.15) is 36.0 Å². The number of carbonyl (C=O) groups is 1. The van der Waals surface area contributed by atoms with Gasteiger partial charge in [0.15, 0.2) is 5.78 Å². The van der Waals surface area contributed by atoms with Crippen LogP contribution in [0.5, 0.6) is 0 Å². The molecule has 2 nitrogen and oxygen atoms in total. The number of allylic oxidation sites excluding steroid dienone is 4. The van der Waals surface area contributed by atoms with E-state index < -0.39 is 0 Å². The van der Waals surface area contributed by atoms with Gasteiger partial charge in [-0.05, 0) is 20.8 Å². The molecule has 1 aromatic heterocycles. The monoisotopic (exact) mass is 263 g/mol. The molecule has 4 heteroatoms. The maximum absolute atomic E-state index is 12.3. The molecule has 0 unspecified atom stereocenters. The van der Waals surface area contributed by atoms with Crippen LogP contribution in [0.2, 0.25) is 5.02 Å². The summed E-state index contributed by atoms with van der Waals surface area (Å²) in [6.07, 6.45) is 0. The Bertz CT molecular complexity index is 624. The first kappa shape index (κ1) is 12.1. The fraction of sp³-hybridized carbons (Fsp3) is 0.231. The number of nitriles is 1.